The maximum Gasteiger partial charge on any atom is 0 e. The largest absolute Gasteiger partial charge is 0 e. The van der Waals surface area contributed by atoms with Crippen LogP contribution in [0.25, 0.3) is 0 Å². The summed E-state index contributed by atoms with van der Waals surface area (Å²) in [5.41, 5.74) is 0. The van der Waals surface area contributed by atoms with E-state index in [1.54, 1.807) is 0 Å². The molecule has 0 radical (unpaired) electrons. The van der Waals surface area contributed by atoms with E-state index in [0.29, 0.717) is 0 Å². The van der Waals surface area contributed by atoms with E-state index in [1.165, 1.54) is 0 Å². The molecule has 0 spiro atoms. The molecule has 0 aliphatic heterocycles. The van der Waals surface area contributed by atoms with Gasteiger partial charge >= 0.3 is 43.7 Å². The molecule has 10 heteroatoms. The topological polar surface area (TPSA) is 106 Å². The molecular formula is H4Cl2CuFeO5S. The summed E-state index contributed by atoms with van der Waals surface area (Å²) in [4.78, 5) is 0. The summed E-state index contributed by atoms with van der Waals surface area (Å²) in [7, 11) is 4.67. The first-order valence-corrected chi connectivity index (χ1v) is 4.91. The molecule has 0 atom stereocenters. The van der Waals surface area contributed by atoms with E-state index in [9.17, 15) is 0 Å². The zero-order valence-corrected chi connectivity index (χ0v) is 8.40. The van der Waals surface area contributed by atoms with Crippen LogP contribution < -0.4 is 0 Å². The summed E-state index contributed by atoms with van der Waals surface area (Å²) in [6.45, 7) is 0. The molecule has 0 aromatic rings. The van der Waals surface area contributed by atoms with Crippen molar-refractivity contribution in [3.8, 4) is 0 Å². The van der Waals surface area contributed by atoms with E-state index in [1.807, 2.05) is 0 Å². The minimum absolute atomic E-state index is 0. The maximum absolute atomic E-state index is 8.74. The molecule has 0 saturated heterocycles. The smallest absolute Gasteiger partial charge is 0 e. The first kappa shape index (κ1) is 22.5. The SMILES string of the molecule is O.O=S(=O)(O)O.[Cl][Cu][Cl].[Fe]. The second-order valence-electron chi connectivity index (χ2n) is 0.491. The molecule has 0 rings (SSSR count). The van der Waals surface area contributed by atoms with Crippen LogP contribution in [0.5, 0.6) is 0 Å². The van der Waals surface area contributed by atoms with Gasteiger partial charge in [0.05, 0.1) is 0 Å². The first-order valence-electron chi connectivity index (χ1n) is 0.926. The van der Waals surface area contributed by atoms with Gasteiger partial charge in [-0.1, -0.05) is 0 Å². The predicted octanol–water partition coefficient (Wildman–Crippen LogP) is -0.104. The Kier molecular flexibility index (Phi) is 29.4. The summed E-state index contributed by atoms with van der Waals surface area (Å²) in [5, 5.41) is 0. The van der Waals surface area contributed by atoms with Crippen LogP contribution in [0, 0.1) is 0 Å². The summed E-state index contributed by atoms with van der Waals surface area (Å²) in [5.74, 6) is 0. The van der Waals surface area contributed by atoms with Gasteiger partial charge in [-0.3, -0.25) is 9.11 Å². The van der Waals surface area contributed by atoms with E-state index in [2.05, 4.69) is 20.2 Å². The number of rotatable bonds is 0. The quantitative estimate of drug-likeness (QED) is 0.481. The van der Waals surface area contributed by atoms with Crippen LogP contribution in [0.4, 0.5) is 0 Å². The number of hydrogen-bond donors (Lipinski definition) is 2. The molecule has 0 heterocycles. The van der Waals surface area contributed by atoms with Crippen molar-refractivity contribution in [3.63, 3.8) is 0 Å². The monoisotopic (exact) mass is 305 g/mol. The molecule has 0 fully saturated rings. The van der Waals surface area contributed by atoms with Gasteiger partial charge in [0.1, 0.15) is 0 Å². The molecule has 5 nitrogen and oxygen atoms in total. The average Bonchev–Trinajstić information content (AvgIpc) is 1.27. The molecule has 0 bridgehead atoms. The Morgan fingerprint density at radius 2 is 1.20 bits per heavy atom. The predicted molar refractivity (Wildman–Crippen MR) is 29.5 cm³/mol. The minimum atomic E-state index is -4.67. The van der Waals surface area contributed by atoms with Crippen molar-refractivity contribution in [1.82, 2.24) is 0 Å². The van der Waals surface area contributed by atoms with Crippen molar-refractivity contribution in [2.24, 2.45) is 0 Å². The van der Waals surface area contributed by atoms with Gasteiger partial charge in [-0.2, -0.15) is 8.42 Å². The van der Waals surface area contributed by atoms with Crippen LogP contribution >= 0.6 is 20.2 Å². The van der Waals surface area contributed by atoms with Crippen molar-refractivity contribution in [2.45, 2.75) is 0 Å². The van der Waals surface area contributed by atoms with Gasteiger partial charge in [-0.15, -0.1) is 0 Å². The molecule has 0 aliphatic rings. The maximum atomic E-state index is 8.74. The van der Waals surface area contributed by atoms with Gasteiger partial charge in [0, 0.05) is 17.1 Å². The Hall–Kier alpha value is 1.45. The van der Waals surface area contributed by atoms with Crippen LogP contribution in [0.3, 0.4) is 0 Å². The molecular weight excluding hydrogens is 302 g/mol. The minimum Gasteiger partial charge on any atom is 0 e. The van der Waals surface area contributed by atoms with Crippen LogP contribution in [0.2, 0.25) is 0 Å². The third kappa shape index (κ3) is 321. The fourth-order valence-corrected chi connectivity index (χ4v) is 0. The zero-order valence-electron chi connectivity index (χ0n) is 4.03. The Bertz CT molecular complexity index is 114. The van der Waals surface area contributed by atoms with Gasteiger partial charge in [0.15, 0.2) is 0 Å². The van der Waals surface area contributed by atoms with E-state index >= 15 is 0 Å². The molecule has 0 saturated carbocycles. The van der Waals surface area contributed by atoms with Crippen molar-refractivity contribution >= 4 is 30.6 Å². The standard InChI is InChI=1S/2ClH.Cu.Fe.H2O4S.H2O/c;;;;1-5(2,3)4;/h2*1H;;;(H2,1,2,3,4);1H2/q;;+2;;;/p-2. The summed E-state index contributed by atoms with van der Waals surface area (Å²) in [6, 6.07) is 0. The second-order valence-corrected chi connectivity index (χ2v) is 2.94. The van der Waals surface area contributed by atoms with E-state index in [-0.39, 0.29) is 22.5 Å². The van der Waals surface area contributed by atoms with Gasteiger partial charge in [0.2, 0.25) is 0 Å². The average molecular weight is 306 g/mol. The normalized spacial score (nSPS) is 8.00. The van der Waals surface area contributed by atoms with Gasteiger partial charge in [0.25, 0.3) is 0 Å². The Labute approximate surface area is 83.4 Å². The Balaban J connectivity index is -0.0000000326. The van der Waals surface area contributed by atoms with Gasteiger partial charge < -0.3 is 5.48 Å². The van der Waals surface area contributed by atoms with Crippen molar-refractivity contribution in [3.05, 3.63) is 0 Å². The van der Waals surface area contributed by atoms with Crippen molar-refractivity contribution in [2.75, 3.05) is 0 Å². The Morgan fingerprint density at radius 3 is 1.20 bits per heavy atom. The van der Waals surface area contributed by atoms with Gasteiger partial charge in [-0.25, -0.2) is 0 Å². The molecule has 0 amide bonds. The third-order valence-electron chi connectivity index (χ3n) is 0. The molecule has 0 aromatic heterocycles. The summed E-state index contributed by atoms with van der Waals surface area (Å²) in [6.07, 6.45) is 0. The zero-order chi connectivity index (χ0) is 7.21. The molecule has 73 valence electrons. The first-order chi connectivity index (χ1) is 3.41. The Morgan fingerprint density at radius 1 is 1.20 bits per heavy atom. The molecule has 10 heavy (non-hydrogen) atoms. The number of halogens is 2. The fraction of sp³-hybridized carbons (Fsp3) is 0. The van der Waals surface area contributed by atoms with Crippen molar-refractivity contribution < 1.29 is 53.2 Å². The van der Waals surface area contributed by atoms with Crippen LogP contribution in [-0.4, -0.2) is 23.0 Å². The second kappa shape index (κ2) is 13.1. The van der Waals surface area contributed by atoms with E-state index < -0.39 is 10.4 Å². The van der Waals surface area contributed by atoms with Crippen LogP contribution in [-0.2, 0) is 40.6 Å². The van der Waals surface area contributed by atoms with Crippen LogP contribution in [0.15, 0.2) is 0 Å². The van der Waals surface area contributed by atoms with Crippen molar-refractivity contribution in [1.29, 1.82) is 0 Å². The fourth-order valence-electron chi connectivity index (χ4n) is 0. The third-order valence-corrected chi connectivity index (χ3v) is 0. The van der Waals surface area contributed by atoms with E-state index in [0.717, 1.165) is 13.1 Å². The summed E-state index contributed by atoms with van der Waals surface area (Å²) >= 11 is 0.757. The van der Waals surface area contributed by atoms with Crippen LogP contribution in [0.1, 0.15) is 0 Å². The van der Waals surface area contributed by atoms with E-state index in [4.69, 9.17) is 17.5 Å². The molecule has 0 unspecified atom stereocenters. The number of hydrogen-bond acceptors (Lipinski definition) is 2. The molecule has 4 N–H and O–H groups in total. The van der Waals surface area contributed by atoms with Gasteiger partial charge in [-0.05, 0) is 0 Å². The molecule has 0 aliphatic carbocycles. The molecule has 0 aromatic carbocycles. The summed E-state index contributed by atoms with van der Waals surface area (Å²) < 4.78 is 31.6.